The summed E-state index contributed by atoms with van der Waals surface area (Å²) in [5.74, 6) is -0.190. The Morgan fingerprint density at radius 3 is 2.52 bits per heavy atom. The van der Waals surface area contributed by atoms with E-state index in [2.05, 4.69) is 46.8 Å². The molecule has 0 aliphatic rings. The van der Waals surface area contributed by atoms with Crippen LogP contribution in [-0.4, -0.2) is 27.4 Å². The summed E-state index contributed by atoms with van der Waals surface area (Å²) in [5.41, 5.74) is 3.77. The highest BCUT2D eigenvalue weighted by Crippen LogP contribution is 2.09. The standard InChI is InChI=1S/C20H22N4O/c1-2-16-10-12-18(13-11-16)24-15-19(22-23-24)20(25)21-14-6-9-17-7-4-3-5-8-17/h3-5,7-8,10-13,15H,2,6,9,14H2,1H3,(H,21,25). The molecule has 1 N–H and O–H groups in total. The van der Waals surface area contributed by atoms with Gasteiger partial charge in [0.15, 0.2) is 5.69 Å². The van der Waals surface area contributed by atoms with Crippen molar-refractivity contribution in [3.8, 4) is 5.69 Å². The maximum absolute atomic E-state index is 12.2. The van der Waals surface area contributed by atoms with Gasteiger partial charge < -0.3 is 5.32 Å². The zero-order chi connectivity index (χ0) is 17.5. The molecule has 0 spiro atoms. The van der Waals surface area contributed by atoms with Crippen molar-refractivity contribution < 1.29 is 4.79 Å². The molecule has 1 aromatic heterocycles. The van der Waals surface area contributed by atoms with Crippen LogP contribution in [0.3, 0.4) is 0 Å². The van der Waals surface area contributed by atoms with Gasteiger partial charge in [0.2, 0.25) is 0 Å². The highest BCUT2D eigenvalue weighted by Gasteiger charge is 2.11. The lowest BCUT2D eigenvalue weighted by Crippen LogP contribution is -2.25. The Balaban J connectivity index is 1.51. The number of amides is 1. The molecular weight excluding hydrogens is 312 g/mol. The molecule has 5 heteroatoms. The SMILES string of the molecule is CCc1ccc(-n2cc(C(=O)NCCCc3ccccc3)nn2)cc1. The van der Waals surface area contributed by atoms with Gasteiger partial charge in [-0.2, -0.15) is 0 Å². The van der Waals surface area contributed by atoms with E-state index in [4.69, 9.17) is 0 Å². The molecule has 0 saturated heterocycles. The lowest BCUT2D eigenvalue weighted by Gasteiger charge is -2.03. The number of hydrogen-bond donors (Lipinski definition) is 1. The van der Waals surface area contributed by atoms with Gasteiger partial charge in [0.05, 0.1) is 11.9 Å². The fourth-order valence-electron chi connectivity index (χ4n) is 2.61. The van der Waals surface area contributed by atoms with Crippen molar-refractivity contribution >= 4 is 5.91 Å². The Labute approximate surface area is 147 Å². The van der Waals surface area contributed by atoms with Gasteiger partial charge in [-0.25, -0.2) is 4.68 Å². The van der Waals surface area contributed by atoms with Gasteiger partial charge in [-0.15, -0.1) is 5.10 Å². The average molecular weight is 334 g/mol. The third-order valence-electron chi connectivity index (χ3n) is 4.11. The monoisotopic (exact) mass is 334 g/mol. The molecule has 25 heavy (non-hydrogen) atoms. The van der Waals surface area contributed by atoms with Crippen molar-refractivity contribution in [3.63, 3.8) is 0 Å². The minimum absolute atomic E-state index is 0.190. The van der Waals surface area contributed by atoms with Gasteiger partial charge in [-0.05, 0) is 42.5 Å². The Bertz CT molecular complexity index is 809. The number of benzene rings is 2. The van der Waals surface area contributed by atoms with Crippen LogP contribution in [0.4, 0.5) is 0 Å². The fraction of sp³-hybridized carbons (Fsp3) is 0.250. The van der Waals surface area contributed by atoms with E-state index in [1.807, 2.05) is 30.3 Å². The third-order valence-corrected chi connectivity index (χ3v) is 4.11. The van der Waals surface area contributed by atoms with Crippen LogP contribution in [0.25, 0.3) is 5.69 Å². The number of aryl methyl sites for hydroxylation is 2. The molecule has 0 atom stereocenters. The normalized spacial score (nSPS) is 10.6. The van der Waals surface area contributed by atoms with Crippen LogP contribution in [0.15, 0.2) is 60.8 Å². The van der Waals surface area contributed by atoms with E-state index in [9.17, 15) is 4.79 Å². The topological polar surface area (TPSA) is 59.8 Å². The first-order chi connectivity index (χ1) is 12.3. The van der Waals surface area contributed by atoms with Gasteiger partial charge in [-0.1, -0.05) is 54.6 Å². The number of carbonyl (C=O) groups excluding carboxylic acids is 1. The van der Waals surface area contributed by atoms with E-state index in [1.165, 1.54) is 11.1 Å². The van der Waals surface area contributed by atoms with Crippen LogP contribution in [0.1, 0.15) is 35.0 Å². The second kappa shape index (κ2) is 8.24. The lowest BCUT2D eigenvalue weighted by atomic mass is 10.1. The minimum Gasteiger partial charge on any atom is -0.351 e. The van der Waals surface area contributed by atoms with Crippen LogP contribution < -0.4 is 5.32 Å². The zero-order valence-corrected chi connectivity index (χ0v) is 14.4. The van der Waals surface area contributed by atoms with Crippen LogP contribution in [0, 0.1) is 0 Å². The van der Waals surface area contributed by atoms with E-state index in [1.54, 1.807) is 10.9 Å². The van der Waals surface area contributed by atoms with Crippen molar-refractivity contribution in [2.24, 2.45) is 0 Å². The highest BCUT2D eigenvalue weighted by molar-refractivity contribution is 5.91. The predicted octanol–water partition coefficient (Wildman–Crippen LogP) is 3.19. The molecule has 3 aromatic rings. The van der Waals surface area contributed by atoms with Crippen molar-refractivity contribution in [1.82, 2.24) is 20.3 Å². The van der Waals surface area contributed by atoms with Gasteiger partial charge in [0, 0.05) is 6.54 Å². The molecule has 0 saturated carbocycles. The Morgan fingerprint density at radius 2 is 1.80 bits per heavy atom. The molecule has 0 aliphatic carbocycles. The second-order valence-corrected chi connectivity index (χ2v) is 5.91. The summed E-state index contributed by atoms with van der Waals surface area (Å²) in [6.07, 6.45) is 4.49. The summed E-state index contributed by atoms with van der Waals surface area (Å²) in [7, 11) is 0. The Morgan fingerprint density at radius 1 is 1.04 bits per heavy atom. The number of rotatable bonds is 7. The van der Waals surface area contributed by atoms with E-state index in [0.717, 1.165) is 24.9 Å². The van der Waals surface area contributed by atoms with Crippen LogP contribution in [0.5, 0.6) is 0 Å². The summed E-state index contributed by atoms with van der Waals surface area (Å²) in [6.45, 7) is 2.73. The van der Waals surface area contributed by atoms with Gasteiger partial charge in [0.25, 0.3) is 5.91 Å². The first-order valence-electron chi connectivity index (χ1n) is 8.60. The number of carbonyl (C=O) groups is 1. The largest absolute Gasteiger partial charge is 0.351 e. The fourth-order valence-corrected chi connectivity index (χ4v) is 2.61. The van der Waals surface area contributed by atoms with E-state index < -0.39 is 0 Å². The molecule has 0 bridgehead atoms. The van der Waals surface area contributed by atoms with Crippen molar-refractivity contribution in [3.05, 3.63) is 77.6 Å². The number of aromatic nitrogens is 3. The van der Waals surface area contributed by atoms with Gasteiger partial charge in [0.1, 0.15) is 0 Å². The minimum atomic E-state index is -0.190. The molecule has 1 amide bonds. The Kier molecular flexibility index (Phi) is 5.57. The summed E-state index contributed by atoms with van der Waals surface area (Å²) in [4.78, 5) is 12.2. The smallest absolute Gasteiger partial charge is 0.273 e. The molecule has 0 radical (unpaired) electrons. The predicted molar refractivity (Wildman–Crippen MR) is 97.8 cm³/mol. The molecule has 0 unspecified atom stereocenters. The molecule has 5 nitrogen and oxygen atoms in total. The number of nitrogens with one attached hydrogen (secondary N) is 1. The number of hydrogen-bond acceptors (Lipinski definition) is 3. The summed E-state index contributed by atoms with van der Waals surface area (Å²) < 4.78 is 1.62. The molecule has 1 heterocycles. The quantitative estimate of drug-likeness (QED) is 0.675. The maximum Gasteiger partial charge on any atom is 0.273 e. The molecule has 2 aromatic carbocycles. The van der Waals surface area contributed by atoms with Crippen LogP contribution >= 0.6 is 0 Å². The van der Waals surface area contributed by atoms with E-state index >= 15 is 0 Å². The zero-order valence-electron chi connectivity index (χ0n) is 14.4. The molecule has 3 rings (SSSR count). The average Bonchev–Trinajstić information content (AvgIpc) is 3.16. The van der Waals surface area contributed by atoms with Crippen molar-refractivity contribution in [2.75, 3.05) is 6.54 Å². The highest BCUT2D eigenvalue weighted by atomic mass is 16.2. The van der Waals surface area contributed by atoms with E-state index in [-0.39, 0.29) is 5.91 Å². The first-order valence-corrected chi connectivity index (χ1v) is 8.60. The second-order valence-electron chi connectivity index (χ2n) is 5.91. The Hall–Kier alpha value is -2.95. The third kappa shape index (κ3) is 4.53. The van der Waals surface area contributed by atoms with Gasteiger partial charge >= 0.3 is 0 Å². The lowest BCUT2D eigenvalue weighted by molar-refractivity contribution is 0.0948. The van der Waals surface area contributed by atoms with Gasteiger partial charge in [-0.3, -0.25) is 4.79 Å². The van der Waals surface area contributed by atoms with Crippen molar-refractivity contribution in [2.45, 2.75) is 26.2 Å². The molecule has 0 aliphatic heterocycles. The summed E-state index contributed by atoms with van der Waals surface area (Å²) in [6, 6.07) is 18.3. The van der Waals surface area contributed by atoms with Crippen LogP contribution in [0.2, 0.25) is 0 Å². The van der Waals surface area contributed by atoms with E-state index in [0.29, 0.717) is 12.2 Å². The number of nitrogens with zero attached hydrogens (tertiary/aromatic N) is 3. The molecule has 0 fully saturated rings. The van der Waals surface area contributed by atoms with Crippen LogP contribution in [-0.2, 0) is 12.8 Å². The maximum atomic E-state index is 12.2. The first kappa shape index (κ1) is 16.9. The van der Waals surface area contributed by atoms with Crippen molar-refractivity contribution in [1.29, 1.82) is 0 Å². The summed E-state index contributed by atoms with van der Waals surface area (Å²) in [5, 5.41) is 10.9. The summed E-state index contributed by atoms with van der Waals surface area (Å²) >= 11 is 0. The molecular formula is C20H22N4O. The molecule has 128 valence electrons.